The number of nitrogens with one attached hydrogen (secondary N) is 1. The van der Waals surface area contributed by atoms with Crippen molar-refractivity contribution in [3.63, 3.8) is 0 Å². The van der Waals surface area contributed by atoms with E-state index in [1.165, 1.54) is 43.9 Å². The predicted molar refractivity (Wildman–Crippen MR) is 116 cm³/mol. The lowest BCUT2D eigenvalue weighted by Gasteiger charge is -2.11. The monoisotopic (exact) mass is 359 g/mol. The van der Waals surface area contributed by atoms with Crippen LogP contribution in [-0.4, -0.2) is 6.54 Å². The number of fused-ring (bicyclic) bond motifs is 1. The third-order valence-electron chi connectivity index (χ3n) is 4.77. The summed E-state index contributed by atoms with van der Waals surface area (Å²) >= 11 is 0. The summed E-state index contributed by atoms with van der Waals surface area (Å²) in [6.45, 7) is 3.23. The van der Waals surface area contributed by atoms with Gasteiger partial charge in [-0.3, -0.25) is 0 Å². The van der Waals surface area contributed by atoms with Crippen LogP contribution in [-0.2, 0) is 0 Å². The van der Waals surface area contributed by atoms with Gasteiger partial charge in [-0.1, -0.05) is 87.6 Å². The van der Waals surface area contributed by atoms with Gasteiger partial charge in [-0.2, -0.15) is 5.11 Å². The molecule has 3 nitrogen and oxygen atoms in total. The zero-order valence-corrected chi connectivity index (χ0v) is 16.2. The first-order valence-corrected chi connectivity index (χ1v) is 10.1. The van der Waals surface area contributed by atoms with Gasteiger partial charge in [0.25, 0.3) is 0 Å². The second-order valence-electron chi connectivity index (χ2n) is 6.91. The molecule has 3 rings (SSSR count). The van der Waals surface area contributed by atoms with E-state index in [2.05, 4.69) is 58.9 Å². The molecule has 0 bridgehead atoms. The van der Waals surface area contributed by atoms with Crippen molar-refractivity contribution in [2.45, 2.75) is 45.4 Å². The molecule has 0 atom stereocenters. The Bertz CT molecular complexity index is 856. The Morgan fingerprint density at radius 2 is 1.44 bits per heavy atom. The fraction of sp³-hybridized carbons (Fsp3) is 0.333. The van der Waals surface area contributed by atoms with Gasteiger partial charge in [-0.05, 0) is 30.0 Å². The van der Waals surface area contributed by atoms with Gasteiger partial charge in [-0.25, -0.2) is 0 Å². The number of hydrogen-bond acceptors (Lipinski definition) is 3. The van der Waals surface area contributed by atoms with E-state index < -0.39 is 0 Å². The van der Waals surface area contributed by atoms with Crippen molar-refractivity contribution in [2.75, 3.05) is 11.9 Å². The van der Waals surface area contributed by atoms with Crippen molar-refractivity contribution in [1.82, 2.24) is 0 Å². The molecule has 1 N–H and O–H groups in total. The number of anilines is 1. The Hall–Kier alpha value is -2.68. The number of hydrogen-bond donors (Lipinski definition) is 1. The van der Waals surface area contributed by atoms with Gasteiger partial charge in [0.15, 0.2) is 0 Å². The van der Waals surface area contributed by atoms with E-state index in [0.29, 0.717) is 0 Å². The topological polar surface area (TPSA) is 36.8 Å². The first-order chi connectivity index (χ1) is 13.4. The summed E-state index contributed by atoms with van der Waals surface area (Å²) in [5.74, 6) is 0. The summed E-state index contributed by atoms with van der Waals surface area (Å²) in [6, 6.07) is 22.5. The number of azo groups is 1. The van der Waals surface area contributed by atoms with E-state index in [1.54, 1.807) is 0 Å². The molecule has 0 heterocycles. The second-order valence-corrected chi connectivity index (χ2v) is 6.91. The maximum atomic E-state index is 4.61. The van der Waals surface area contributed by atoms with E-state index in [4.69, 9.17) is 0 Å². The predicted octanol–water partition coefficient (Wildman–Crippen LogP) is 8.03. The summed E-state index contributed by atoms with van der Waals surface area (Å²) in [5.41, 5.74) is 2.84. The average molecular weight is 360 g/mol. The fourth-order valence-corrected chi connectivity index (χ4v) is 3.24. The molecule has 3 aromatic rings. The van der Waals surface area contributed by atoms with Crippen LogP contribution in [0.2, 0.25) is 0 Å². The van der Waals surface area contributed by atoms with Gasteiger partial charge in [0.1, 0.15) is 5.69 Å². The van der Waals surface area contributed by atoms with Gasteiger partial charge in [0.2, 0.25) is 0 Å². The van der Waals surface area contributed by atoms with Crippen LogP contribution in [0.25, 0.3) is 10.8 Å². The maximum Gasteiger partial charge on any atom is 0.117 e. The van der Waals surface area contributed by atoms with Gasteiger partial charge in [0.05, 0.1) is 11.4 Å². The highest BCUT2D eigenvalue weighted by Gasteiger charge is 2.07. The van der Waals surface area contributed by atoms with Crippen LogP contribution < -0.4 is 5.32 Å². The van der Waals surface area contributed by atoms with Gasteiger partial charge >= 0.3 is 0 Å². The average Bonchev–Trinajstić information content (AvgIpc) is 2.72. The third-order valence-corrected chi connectivity index (χ3v) is 4.77. The highest BCUT2D eigenvalue weighted by Crippen LogP contribution is 2.35. The quantitative estimate of drug-likeness (QED) is 0.289. The van der Waals surface area contributed by atoms with Crippen LogP contribution in [0.3, 0.4) is 0 Å². The molecule has 0 saturated carbocycles. The fourth-order valence-electron chi connectivity index (χ4n) is 3.24. The molecule has 0 fully saturated rings. The number of benzene rings is 3. The van der Waals surface area contributed by atoms with Crippen LogP contribution in [0.5, 0.6) is 0 Å². The molecule has 0 spiro atoms. The first kappa shape index (κ1) is 19.1. The van der Waals surface area contributed by atoms with E-state index in [0.717, 1.165) is 29.0 Å². The molecular formula is C24H29N3. The molecular weight excluding hydrogens is 330 g/mol. The lowest BCUT2D eigenvalue weighted by atomic mass is 10.1. The Kier molecular flexibility index (Phi) is 7.40. The van der Waals surface area contributed by atoms with Crippen LogP contribution in [0, 0.1) is 0 Å². The Balaban J connectivity index is 1.73. The van der Waals surface area contributed by atoms with Crippen molar-refractivity contribution < 1.29 is 0 Å². The highest BCUT2D eigenvalue weighted by atomic mass is 15.1. The van der Waals surface area contributed by atoms with Gasteiger partial charge in [-0.15, -0.1) is 5.11 Å². The molecule has 0 aliphatic heterocycles. The summed E-state index contributed by atoms with van der Waals surface area (Å²) in [7, 11) is 0. The highest BCUT2D eigenvalue weighted by molar-refractivity contribution is 5.98. The molecule has 0 radical (unpaired) electrons. The zero-order chi connectivity index (χ0) is 18.7. The summed E-state index contributed by atoms with van der Waals surface area (Å²) < 4.78 is 0. The molecule has 0 saturated heterocycles. The summed E-state index contributed by atoms with van der Waals surface area (Å²) in [5, 5.41) is 15.0. The smallest absolute Gasteiger partial charge is 0.117 e. The SMILES string of the molecule is CCCCCCCCNc1ccc2ccccc2c1N=Nc1ccccc1. The molecule has 0 aliphatic rings. The normalized spacial score (nSPS) is 11.3. The lowest BCUT2D eigenvalue weighted by Crippen LogP contribution is -2.01. The summed E-state index contributed by atoms with van der Waals surface area (Å²) in [6.07, 6.45) is 7.79. The Morgan fingerprint density at radius 1 is 0.704 bits per heavy atom. The number of unbranched alkanes of at least 4 members (excludes halogenated alkanes) is 5. The maximum absolute atomic E-state index is 4.61. The van der Waals surface area contributed by atoms with Crippen molar-refractivity contribution in [3.8, 4) is 0 Å². The van der Waals surface area contributed by atoms with Crippen molar-refractivity contribution >= 4 is 27.8 Å². The second kappa shape index (κ2) is 10.5. The molecule has 0 amide bonds. The lowest BCUT2D eigenvalue weighted by molar-refractivity contribution is 0.617. The van der Waals surface area contributed by atoms with Gasteiger partial charge < -0.3 is 5.32 Å². The minimum Gasteiger partial charge on any atom is -0.383 e. The van der Waals surface area contributed by atoms with Crippen molar-refractivity contribution in [2.24, 2.45) is 10.2 Å². The Labute approximate surface area is 162 Å². The van der Waals surface area contributed by atoms with Crippen LogP contribution in [0.4, 0.5) is 17.1 Å². The molecule has 140 valence electrons. The molecule has 0 unspecified atom stereocenters. The van der Waals surface area contributed by atoms with Crippen LogP contribution in [0.1, 0.15) is 45.4 Å². The number of rotatable bonds is 10. The molecule has 3 aromatic carbocycles. The standard InChI is InChI=1S/C24H29N3/c1-2-3-4-5-6-12-19-25-23-18-17-20-13-10-11-16-22(20)24(23)27-26-21-14-8-7-9-15-21/h7-11,13-18,25H,2-6,12,19H2,1H3. The molecule has 0 aromatic heterocycles. The molecule has 3 heteroatoms. The van der Waals surface area contributed by atoms with E-state index in [-0.39, 0.29) is 0 Å². The van der Waals surface area contributed by atoms with E-state index in [1.807, 2.05) is 30.3 Å². The van der Waals surface area contributed by atoms with Crippen molar-refractivity contribution in [1.29, 1.82) is 0 Å². The largest absolute Gasteiger partial charge is 0.383 e. The molecule has 0 aliphatic carbocycles. The van der Waals surface area contributed by atoms with E-state index in [9.17, 15) is 0 Å². The van der Waals surface area contributed by atoms with E-state index >= 15 is 0 Å². The van der Waals surface area contributed by atoms with Gasteiger partial charge in [0, 0.05) is 11.9 Å². The summed E-state index contributed by atoms with van der Waals surface area (Å²) in [4.78, 5) is 0. The molecule has 27 heavy (non-hydrogen) atoms. The third kappa shape index (κ3) is 5.65. The van der Waals surface area contributed by atoms with Crippen molar-refractivity contribution in [3.05, 3.63) is 66.7 Å². The number of nitrogens with zero attached hydrogens (tertiary/aromatic N) is 2. The van der Waals surface area contributed by atoms with Crippen LogP contribution in [0.15, 0.2) is 77.0 Å². The first-order valence-electron chi connectivity index (χ1n) is 10.1. The minimum atomic E-state index is 0.868. The zero-order valence-electron chi connectivity index (χ0n) is 16.2. The minimum absolute atomic E-state index is 0.868. The Morgan fingerprint density at radius 3 is 2.30 bits per heavy atom. The van der Waals surface area contributed by atoms with Crippen LogP contribution >= 0.6 is 0 Å².